The SMILES string of the molecule is Cc1ccc(CSc2n[nH]c(N/N=C/c3ccccc3O)n2)cc1. The van der Waals surface area contributed by atoms with Crippen molar-refractivity contribution in [2.24, 2.45) is 5.10 Å². The van der Waals surface area contributed by atoms with Gasteiger partial charge < -0.3 is 5.11 Å². The summed E-state index contributed by atoms with van der Waals surface area (Å²) < 4.78 is 0. The molecule has 122 valence electrons. The number of rotatable bonds is 6. The highest BCUT2D eigenvalue weighted by molar-refractivity contribution is 7.98. The number of aromatic hydroxyl groups is 1. The lowest BCUT2D eigenvalue weighted by molar-refractivity contribution is 0.474. The van der Waals surface area contributed by atoms with Crippen LogP contribution < -0.4 is 5.43 Å². The third kappa shape index (κ3) is 4.36. The van der Waals surface area contributed by atoms with Crippen molar-refractivity contribution in [1.82, 2.24) is 15.2 Å². The van der Waals surface area contributed by atoms with Gasteiger partial charge in [0.05, 0.1) is 6.21 Å². The average Bonchev–Trinajstić information content (AvgIpc) is 3.04. The molecule has 1 aromatic heterocycles. The molecule has 0 aliphatic rings. The third-order valence-corrected chi connectivity index (χ3v) is 4.18. The first-order chi connectivity index (χ1) is 11.7. The zero-order valence-corrected chi connectivity index (χ0v) is 13.9. The van der Waals surface area contributed by atoms with E-state index in [1.54, 1.807) is 30.0 Å². The van der Waals surface area contributed by atoms with Gasteiger partial charge in [-0.1, -0.05) is 53.7 Å². The standard InChI is InChI=1S/C17H17N5OS/c1-12-6-8-13(9-7-12)11-24-17-19-16(21-22-17)20-18-10-14-4-2-3-5-15(14)23/h2-10,23H,11H2,1H3,(H2,19,20,21,22)/b18-10+. The van der Waals surface area contributed by atoms with Crippen molar-refractivity contribution in [3.05, 3.63) is 65.2 Å². The topological polar surface area (TPSA) is 86.2 Å². The number of nitrogens with zero attached hydrogens (tertiary/aromatic N) is 3. The van der Waals surface area contributed by atoms with Crippen molar-refractivity contribution in [3.63, 3.8) is 0 Å². The Morgan fingerprint density at radius 3 is 2.79 bits per heavy atom. The summed E-state index contributed by atoms with van der Waals surface area (Å²) in [5, 5.41) is 21.2. The molecule has 0 amide bonds. The molecule has 2 aromatic carbocycles. The van der Waals surface area contributed by atoms with Crippen LogP contribution in [-0.2, 0) is 5.75 Å². The number of aromatic amines is 1. The van der Waals surface area contributed by atoms with Gasteiger partial charge in [0.15, 0.2) is 0 Å². The van der Waals surface area contributed by atoms with E-state index in [-0.39, 0.29) is 5.75 Å². The number of benzene rings is 2. The Bertz CT molecular complexity index is 829. The monoisotopic (exact) mass is 339 g/mol. The normalized spacial score (nSPS) is 11.0. The van der Waals surface area contributed by atoms with Crippen LogP contribution >= 0.6 is 11.8 Å². The molecule has 3 N–H and O–H groups in total. The molecule has 0 aliphatic carbocycles. The maximum Gasteiger partial charge on any atom is 0.240 e. The van der Waals surface area contributed by atoms with Crippen LogP contribution in [0.3, 0.4) is 0 Å². The average molecular weight is 339 g/mol. The zero-order valence-electron chi connectivity index (χ0n) is 13.1. The molecule has 0 bridgehead atoms. The highest BCUT2D eigenvalue weighted by atomic mass is 32.2. The number of hydrogen-bond donors (Lipinski definition) is 3. The van der Waals surface area contributed by atoms with Crippen LogP contribution in [0.5, 0.6) is 5.75 Å². The fraction of sp³-hybridized carbons (Fsp3) is 0.118. The molecular weight excluding hydrogens is 322 g/mol. The summed E-state index contributed by atoms with van der Waals surface area (Å²) in [6.45, 7) is 2.07. The van der Waals surface area contributed by atoms with Gasteiger partial charge in [-0.25, -0.2) is 10.5 Å². The summed E-state index contributed by atoms with van der Waals surface area (Å²) in [5.74, 6) is 1.43. The molecule has 24 heavy (non-hydrogen) atoms. The number of hydrazone groups is 1. The number of anilines is 1. The summed E-state index contributed by atoms with van der Waals surface area (Å²) >= 11 is 1.55. The van der Waals surface area contributed by atoms with E-state index in [4.69, 9.17) is 0 Å². The van der Waals surface area contributed by atoms with Crippen molar-refractivity contribution in [2.75, 3.05) is 5.43 Å². The molecular formula is C17H17N5OS. The molecule has 0 aliphatic heterocycles. The number of phenolic OH excluding ortho intramolecular Hbond substituents is 1. The van der Waals surface area contributed by atoms with Gasteiger partial charge in [0.2, 0.25) is 11.1 Å². The predicted molar refractivity (Wildman–Crippen MR) is 96.4 cm³/mol. The Hall–Kier alpha value is -2.80. The summed E-state index contributed by atoms with van der Waals surface area (Å²) in [6, 6.07) is 15.3. The van der Waals surface area contributed by atoms with E-state index in [0.717, 1.165) is 5.75 Å². The van der Waals surface area contributed by atoms with Crippen LogP contribution in [0.25, 0.3) is 0 Å². The number of thioether (sulfide) groups is 1. The number of hydrogen-bond acceptors (Lipinski definition) is 6. The van der Waals surface area contributed by atoms with Crippen molar-refractivity contribution in [3.8, 4) is 5.75 Å². The number of aromatic nitrogens is 3. The van der Waals surface area contributed by atoms with Gasteiger partial charge in [0.1, 0.15) is 5.75 Å². The minimum Gasteiger partial charge on any atom is -0.507 e. The third-order valence-electron chi connectivity index (χ3n) is 3.26. The first-order valence-corrected chi connectivity index (χ1v) is 8.37. The Balaban J connectivity index is 1.54. The second-order valence-electron chi connectivity index (χ2n) is 5.17. The smallest absolute Gasteiger partial charge is 0.240 e. The second-order valence-corrected chi connectivity index (χ2v) is 6.11. The molecule has 7 heteroatoms. The molecule has 6 nitrogen and oxygen atoms in total. The Morgan fingerprint density at radius 2 is 2.00 bits per heavy atom. The number of para-hydroxylation sites is 1. The lowest BCUT2D eigenvalue weighted by atomic mass is 10.2. The minimum absolute atomic E-state index is 0.176. The van der Waals surface area contributed by atoms with E-state index >= 15 is 0 Å². The second kappa shape index (κ2) is 7.65. The molecule has 1 heterocycles. The molecule has 3 aromatic rings. The van der Waals surface area contributed by atoms with Crippen molar-refractivity contribution in [1.29, 1.82) is 0 Å². The summed E-state index contributed by atoms with van der Waals surface area (Å²) in [4.78, 5) is 4.31. The van der Waals surface area contributed by atoms with Crippen LogP contribution in [0, 0.1) is 6.92 Å². The van der Waals surface area contributed by atoms with Crippen LogP contribution in [0.1, 0.15) is 16.7 Å². The van der Waals surface area contributed by atoms with Gasteiger partial charge in [-0.15, -0.1) is 5.10 Å². The van der Waals surface area contributed by atoms with Crippen molar-refractivity contribution < 1.29 is 5.11 Å². The van der Waals surface area contributed by atoms with Crippen molar-refractivity contribution >= 4 is 23.9 Å². The van der Waals surface area contributed by atoms with Crippen LogP contribution in [0.4, 0.5) is 5.95 Å². The van der Waals surface area contributed by atoms with E-state index in [1.807, 2.05) is 6.07 Å². The number of phenols is 1. The molecule has 0 radical (unpaired) electrons. The highest BCUT2D eigenvalue weighted by Crippen LogP contribution is 2.20. The summed E-state index contributed by atoms with van der Waals surface area (Å²) in [6.07, 6.45) is 1.52. The maximum absolute atomic E-state index is 9.65. The van der Waals surface area contributed by atoms with Gasteiger partial charge in [-0.2, -0.15) is 10.1 Å². The maximum atomic E-state index is 9.65. The Labute approximate surface area is 144 Å². The molecule has 0 saturated carbocycles. The molecule has 0 saturated heterocycles. The van der Waals surface area contributed by atoms with Crippen molar-refractivity contribution in [2.45, 2.75) is 17.8 Å². The lowest BCUT2D eigenvalue weighted by Gasteiger charge is -1.99. The highest BCUT2D eigenvalue weighted by Gasteiger charge is 2.04. The minimum atomic E-state index is 0.176. The predicted octanol–water partition coefficient (Wildman–Crippen LogP) is 3.56. The van der Waals surface area contributed by atoms with E-state index in [2.05, 4.69) is 56.9 Å². The van der Waals surface area contributed by atoms with Crippen LogP contribution in [0.15, 0.2) is 58.8 Å². The molecule has 0 fully saturated rings. The van der Waals surface area contributed by atoms with Crippen LogP contribution in [-0.4, -0.2) is 26.5 Å². The van der Waals surface area contributed by atoms with Gasteiger partial charge in [0, 0.05) is 11.3 Å². The fourth-order valence-corrected chi connectivity index (χ4v) is 2.71. The fourth-order valence-electron chi connectivity index (χ4n) is 1.95. The van der Waals surface area contributed by atoms with E-state index in [9.17, 15) is 5.11 Å². The lowest BCUT2D eigenvalue weighted by Crippen LogP contribution is -1.92. The van der Waals surface area contributed by atoms with E-state index in [0.29, 0.717) is 16.7 Å². The van der Waals surface area contributed by atoms with Gasteiger partial charge in [0.25, 0.3) is 0 Å². The Kier molecular flexibility index (Phi) is 5.12. The van der Waals surface area contributed by atoms with Gasteiger partial charge in [-0.3, -0.25) is 0 Å². The number of nitrogens with one attached hydrogen (secondary N) is 2. The Morgan fingerprint density at radius 1 is 1.21 bits per heavy atom. The molecule has 0 atom stereocenters. The van der Waals surface area contributed by atoms with Gasteiger partial charge >= 0.3 is 0 Å². The first-order valence-electron chi connectivity index (χ1n) is 7.38. The van der Waals surface area contributed by atoms with E-state index in [1.165, 1.54) is 17.3 Å². The molecule has 0 unspecified atom stereocenters. The largest absolute Gasteiger partial charge is 0.507 e. The quantitative estimate of drug-likeness (QED) is 0.363. The first kappa shape index (κ1) is 16.1. The van der Waals surface area contributed by atoms with Gasteiger partial charge in [-0.05, 0) is 24.6 Å². The number of H-pyrrole nitrogens is 1. The summed E-state index contributed by atoms with van der Waals surface area (Å²) in [7, 11) is 0. The molecule has 3 rings (SSSR count). The van der Waals surface area contributed by atoms with Crippen LogP contribution in [0.2, 0.25) is 0 Å². The molecule has 0 spiro atoms. The summed E-state index contributed by atoms with van der Waals surface area (Å²) in [5.41, 5.74) is 5.86. The van der Waals surface area contributed by atoms with E-state index < -0.39 is 0 Å². The number of aryl methyl sites for hydroxylation is 1. The zero-order chi connectivity index (χ0) is 16.8.